The van der Waals surface area contributed by atoms with Crippen LogP contribution in [-0.2, 0) is 14.6 Å². The van der Waals surface area contributed by atoms with E-state index in [0.29, 0.717) is 13.0 Å². The van der Waals surface area contributed by atoms with Gasteiger partial charge in [0, 0.05) is 25.2 Å². The van der Waals surface area contributed by atoms with Crippen LogP contribution >= 0.6 is 0 Å². The maximum absolute atomic E-state index is 13.0. The molecule has 1 aromatic carbocycles. The molecule has 6 heteroatoms. The number of rotatable bonds is 6. The summed E-state index contributed by atoms with van der Waals surface area (Å²) in [7, 11) is -3.00. The van der Waals surface area contributed by atoms with Crippen molar-refractivity contribution in [3.63, 3.8) is 0 Å². The molecule has 5 nitrogen and oxygen atoms in total. The summed E-state index contributed by atoms with van der Waals surface area (Å²) in [5.41, 5.74) is 2.58. The van der Waals surface area contributed by atoms with E-state index in [2.05, 4.69) is 23.1 Å². The number of hydrogen-bond acceptors (Lipinski definition) is 4. The molecule has 0 unspecified atom stereocenters. The number of carbonyl (C=O) groups is 1. The lowest BCUT2D eigenvalue weighted by Gasteiger charge is -2.36. The van der Waals surface area contributed by atoms with Gasteiger partial charge in [0.15, 0.2) is 9.84 Å². The Bertz CT molecular complexity index is 789. The Morgan fingerprint density at radius 2 is 2.04 bits per heavy atom. The molecule has 2 heterocycles. The SMILES string of the molecule is CC[C@@H](C)N(C(=O)CN1CC=C(c2ccccc2)CC1)[C@@H]1CCS(=O)(=O)C1. The summed E-state index contributed by atoms with van der Waals surface area (Å²) in [6.45, 7) is 6.03. The van der Waals surface area contributed by atoms with Crippen molar-refractivity contribution in [3.05, 3.63) is 42.0 Å². The fourth-order valence-corrected chi connectivity index (χ4v) is 5.75. The summed E-state index contributed by atoms with van der Waals surface area (Å²) >= 11 is 0. The summed E-state index contributed by atoms with van der Waals surface area (Å²) in [5, 5.41) is 0. The molecule has 0 aromatic heterocycles. The predicted octanol–water partition coefficient (Wildman–Crippen LogP) is 2.59. The lowest BCUT2D eigenvalue weighted by molar-refractivity contribution is -0.136. The zero-order chi connectivity index (χ0) is 19.4. The summed E-state index contributed by atoms with van der Waals surface area (Å²) in [5.74, 6) is 0.370. The third-order valence-electron chi connectivity index (χ3n) is 5.75. The van der Waals surface area contributed by atoms with Gasteiger partial charge in [-0.05, 0) is 37.3 Å². The Balaban J connectivity index is 1.64. The predicted molar refractivity (Wildman–Crippen MR) is 109 cm³/mol. The van der Waals surface area contributed by atoms with E-state index >= 15 is 0 Å². The molecule has 0 saturated carbocycles. The molecule has 27 heavy (non-hydrogen) atoms. The summed E-state index contributed by atoms with van der Waals surface area (Å²) in [4.78, 5) is 17.0. The average molecular weight is 391 g/mol. The third-order valence-corrected chi connectivity index (χ3v) is 7.50. The van der Waals surface area contributed by atoms with Crippen molar-refractivity contribution >= 4 is 21.3 Å². The van der Waals surface area contributed by atoms with Gasteiger partial charge in [-0.15, -0.1) is 0 Å². The van der Waals surface area contributed by atoms with Crippen molar-refractivity contribution in [2.45, 2.75) is 45.2 Å². The van der Waals surface area contributed by atoms with Gasteiger partial charge in [0.1, 0.15) is 0 Å². The minimum Gasteiger partial charge on any atom is -0.335 e. The second-order valence-electron chi connectivity index (χ2n) is 7.70. The summed E-state index contributed by atoms with van der Waals surface area (Å²) in [6, 6.07) is 10.3. The van der Waals surface area contributed by atoms with Gasteiger partial charge in [-0.1, -0.05) is 43.3 Å². The zero-order valence-electron chi connectivity index (χ0n) is 16.3. The highest BCUT2D eigenvalue weighted by Crippen LogP contribution is 2.24. The van der Waals surface area contributed by atoms with Crippen LogP contribution in [0.25, 0.3) is 5.57 Å². The number of nitrogens with zero attached hydrogens (tertiary/aromatic N) is 2. The molecule has 2 atom stereocenters. The maximum Gasteiger partial charge on any atom is 0.237 e. The molecule has 1 fully saturated rings. The van der Waals surface area contributed by atoms with Crippen molar-refractivity contribution in [3.8, 4) is 0 Å². The number of hydrogen-bond donors (Lipinski definition) is 0. The zero-order valence-corrected chi connectivity index (χ0v) is 17.1. The van der Waals surface area contributed by atoms with Gasteiger partial charge in [0.25, 0.3) is 0 Å². The van der Waals surface area contributed by atoms with E-state index in [9.17, 15) is 13.2 Å². The molecule has 1 aromatic rings. The van der Waals surface area contributed by atoms with E-state index in [0.717, 1.165) is 25.9 Å². The molecule has 1 saturated heterocycles. The van der Waals surface area contributed by atoms with Gasteiger partial charge >= 0.3 is 0 Å². The highest BCUT2D eigenvalue weighted by atomic mass is 32.2. The van der Waals surface area contributed by atoms with Gasteiger partial charge in [-0.3, -0.25) is 9.69 Å². The van der Waals surface area contributed by atoms with Crippen LogP contribution in [0.1, 0.15) is 38.7 Å². The number of benzene rings is 1. The van der Waals surface area contributed by atoms with Crippen molar-refractivity contribution in [1.82, 2.24) is 9.80 Å². The van der Waals surface area contributed by atoms with Gasteiger partial charge in [0.2, 0.25) is 5.91 Å². The summed E-state index contributed by atoms with van der Waals surface area (Å²) < 4.78 is 23.8. The molecule has 1 amide bonds. The lowest BCUT2D eigenvalue weighted by atomic mass is 9.99. The van der Waals surface area contributed by atoms with E-state index in [1.807, 2.05) is 36.9 Å². The Labute approximate surface area is 163 Å². The van der Waals surface area contributed by atoms with Crippen molar-refractivity contribution in [2.24, 2.45) is 0 Å². The molecule has 0 N–H and O–H groups in total. The van der Waals surface area contributed by atoms with Crippen LogP contribution in [0.15, 0.2) is 36.4 Å². The van der Waals surface area contributed by atoms with Gasteiger partial charge in [-0.2, -0.15) is 0 Å². The van der Waals surface area contributed by atoms with Crippen LogP contribution in [0.5, 0.6) is 0 Å². The molecule has 0 spiro atoms. The van der Waals surface area contributed by atoms with E-state index in [1.165, 1.54) is 11.1 Å². The first kappa shape index (κ1) is 20.1. The molecule has 148 valence electrons. The highest BCUT2D eigenvalue weighted by molar-refractivity contribution is 7.91. The topological polar surface area (TPSA) is 57.7 Å². The molecule has 0 radical (unpaired) electrons. The van der Waals surface area contributed by atoms with Gasteiger partial charge < -0.3 is 4.90 Å². The first-order chi connectivity index (χ1) is 12.9. The molecular formula is C21H30N2O3S. The van der Waals surface area contributed by atoms with Crippen LogP contribution in [0.3, 0.4) is 0 Å². The van der Waals surface area contributed by atoms with Crippen LogP contribution in [0.4, 0.5) is 0 Å². The second-order valence-corrected chi connectivity index (χ2v) is 9.92. The van der Waals surface area contributed by atoms with Crippen molar-refractivity contribution in [2.75, 3.05) is 31.1 Å². The van der Waals surface area contributed by atoms with Gasteiger partial charge in [-0.25, -0.2) is 8.42 Å². The Morgan fingerprint density at radius 3 is 2.59 bits per heavy atom. The first-order valence-electron chi connectivity index (χ1n) is 9.88. The van der Waals surface area contributed by atoms with Crippen LogP contribution in [-0.4, -0.2) is 67.3 Å². The number of amides is 1. The Kier molecular flexibility index (Phi) is 6.37. The normalized spacial score (nSPS) is 23.6. The standard InChI is InChI=1S/C21H30N2O3S/c1-3-17(2)23(20-11-14-27(25,26)16-20)21(24)15-22-12-9-19(10-13-22)18-7-5-4-6-8-18/h4-9,17,20H,3,10-16H2,1-2H3/t17-,20-/m1/s1. The molecular weight excluding hydrogens is 360 g/mol. The quantitative estimate of drug-likeness (QED) is 0.749. The smallest absolute Gasteiger partial charge is 0.237 e. The molecule has 2 aliphatic heterocycles. The fraction of sp³-hybridized carbons (Fsp3) is 0.571. The molecule has 0 aliphatic carbocycles. The van der Waals surface area contributed by atoms with Crippen LogP contribution < -0.4 is 0 Å². The van der Waals surface area contributed by atoms with E-state index in [1.54, 1.807) is 0 Å². The second kappa shape index (κ2) is 8.57. The van der Waals surface area contributed by atoms with Crippen molar-refractivity contribution in [1.29, 1.82) is 0 Å². The van der Waals surface area contributed by atoms with Gasteiger partial charge in [0.05, 0.1) is 18.1 Å². The Hall–Kier alpha value is -1.66. The van der Waals surface area contributed by atoms with Crippen LogP contribution in [0, 0.1) is 0 Å². The lowest BCUT2D eigenvalue weighted by Crippen LogP contribution is -2.50. The minimum atomic E-state index is -3.00. The third kappa shape index (κ3) is 4.99. The molecule has 2 aliphatic rings. The summed E-state index contributed by atoms with van der Waals surface area (Å²) in [6.07, 6.45) is 4.54. The number of carbonyl (C=O) groups excluding carboxylic acids is 1. The van der Waals surface area contributed by atoms with E-state index in [-0.39, 0.29) is 29.5 Å². The largest absolute Gasteiger partial charge is 0.335 e. The fourth-order valence-electron chi connectivity index (χ4n) is 4.04. The maximum atomic E-state index is 13.0. The van der Waals surface area contributed by atoms with Crippen molar-refractivity contribution < 1.29 is 13.2 Å². The van der Waals surface area contributed by atoms with E-state index < -0.39 is 9.84 Å². The van der Waals surface area contributed by atoms with E-state index in [4.69, 9.17) is 0 Å². The molecule has 3 rings (SSSR count). The Morgan fingerprint density at radius 1 is 1.30 bits per heavy atom. The minimum absolute atomic E-state index is 0.0583. The monoisotopic (exact) mass is 390 g/mol. The average Bonchev–Trinajstić information content (AvgIpc) is 3.02. The molecule has 0 bridgehead atoms. The highest BCUT2D eigenvalue weighted by Gasteiger charge is 2.36. The first-order valence-corrected chi connectivity index (χ1v) is 11.7. The number of sulfone groups is 1. The van der Waals surface area contributed by atoms with Crippen LogP contribution in [0.2, 0.25) is 0 Å².